The maximum atomic E-state index is 15.2. The quantitative estimate of drug-likeness (QED) is 0.359. The second-order valence-electron chi connectivity index (χ2n) is 7.63. The molecule has 0 saturated carbocycles. The summed E-state index contributed by atoms with van der Waals surface area (Å²) in [5.41, 5.74) is -5.82. The Morgan fingerprint density at radius 2 is 1.72 bits per heavy atom. The molecule has 8 nitrogen and oxygen atoms in total. The summed E-state index contributed by atoms with van der Waals surface area (Å²) < 4.78 is 75.8. The van der Waals surface area contributed by atoms with Gasteiger partial charge in [-0.15, -0.1) is 0 Å². The van der Waals surface area contributed by atoms with E-state index >= 15 is 8.78 Å². The maximum Gasteiger partial charge on any atom is 0.399 e. The molecule has 0 aromatic rings. The number of unbranched alkanes of at least 4 members (excludes halogenated alkanes) is 1. The van der Waals surface area contributed by atoms with Crippen molar-refractivity contribution in [3.8, 4) is 0 Å². The van der Waals surface area contributed by atoms with Crippen LogP contribution in [-0.4, -0.2) is 67.1 Å². The molecule has 0 bridgehead atoms. The van der Waals surface area contributed by atoms with Gasteiger partial charge in [0.2, 0.25) is 0 Å². The van der Waals surface area contributed by atoms with Crippen LogP contribution in [0, 0.1) is 0 Å². The van der Waals surface area contributed by atoms with Gasteiger partial charge in [-0.1, -0.05) is 13.3 Å². The Balaban J connectivity index is 2.33. The lowest BCUT2D eigenvalue weighted by Crippen LogP contribution is -2.52. The average Bonchev–Trinajstić information content (AvgIpc) is 3.05. The van der Waals surface area contributed by atoms with E-state index in [1.165, 1.54) is 13.8 Å². The van der Waals surface area contributed by atoms with Gasteiger partial charge in [0.25, 0.3) is 0 Å². The monoisotopic (exact) mass is 446 g/mol. The number of alkyl halides is 2. The van der Waals surface area contributed by atoms with Crippen LogP contribution >= 0.6 is 7.60 Å². The molecular formula is C18H33F2O8P. The first-order valence-corrected chi connectivity index (χ1v) is 11.6. The van der Waals surface area contributed by atoms with E-state index in [9.17, 15) is 9.67 Å². The number of aliphatic hydroxyl groups excluding tert-OH is 1. The topological polar surface area (TPSA) is 92.7 Å². The molecule has 2 rings (SSSR count). The second kappa shape index (κ2) is 9.53. The maximum absolute atomic E-state index is 15.2. The fourth-order valence-corrected chi connectivity index (χ4v) is 5.19. The van der Waals surface area contributed by atoms with Crippen LogP contribution in [0.1, 0.15) is 53.9 Å². The van der Waals surface area contributed by atoms with Gasteiger partial charge in [0.15, 0.2) is 12.1 Å². The second-order valence-corrected chi connectivity index (χ2v) is 9.80. The Morgan fingerprint density at radius 1 is 1.10 bits per heavy atom. The molecule has 172 valence electrons. The molecular weight excluding hydrogens is 413 g/mol. The molecule has 0 amide bonds. The summed E-state index contributed by atoms with van der Waals surface area (Å²) in [6.07, 6.45) is -2.48. The summed E-state index contributed by atoms with van der Waals surface area (Å²) in [4.78, 5) is 0. The summed E-state index contributed by atoms with van der Waals surface area (Å²) in [7, 11) is -4.81. The molecule has 29 heavy (non-hydrogen) atoms. The first kappa shape index (κ1) is 25.1. The fraction of sp³-hybridized carbons (Fsp3) is 1.00. The van der Waals surface area contributed by atoms with Crippen molar-refractivity contribution in [3.05, 3.63) is 0 Å². The first-order chi connectivity index (χ1) is 13.5. The van der Waals surface area contributed by atoms with Crippen molar-refractivity contribution in [2.24, 2.45) is 0 Å². The Morgan fingerprint density at radius 3 is 2.24 bits per heavy atom. The molecule has 2 aliphatic rings. The van der Waals surface area contributed by atoms with Crippen LogP contribution in [0.15, 0.2) is 0 Å². The highest BCUT2D eigenvalue weighted by molar-refractivity contribution is 7.55. The minimum Gasteiger partial charge on any atom is -0.393 e. The fourth-order valence-electron chi connectivity index (χ4n) is 3.60. The van der Waals surface area contributed by atoms with E-state index in [4.69, 9.17) is 28.0 Å². The van der Waals surface area contributed by atoms with Crippen LogP contribution in [0.5, 0.6) is 0 Å². The number of aliphatic hydroxyl groups is 1. The van der Waals surface area contributed by atoms with Crippen molar-refractivity contribution in [2.45, 2.75) is 89.4 Å². The van der Waals surface area contributed by atoms with Crippen LogP contribution in [-0.2, 0) is 32.6 Å². The highest BCUT2D eigenvalue weighted by atomic mass is 31.2. The van der Waals surface area contributed by atoms with Gasteiger partial charge in [-0.3, -0.25) is 4.57 Å². The van der Waals surface area contributed by atoms with Gasteiger partial charge in [-0.05, 0) is 34.1 Å². The Labute approximate surface area is 170 Å². The highest BCUT2D eigenvalue weighted by Gasteiger charge is 2.68. The number of hydrogen-bond donors (Lipinski definition) is 1. The third-order valence-corrected chi connectivity index (χ3v) is 6.99. The van der Waals surface area contributed by atoms with E-state index in [1.54, 1.807) is 13.8 Å². The van der Waals surface area contributed by atoms with E-state index in [-0.39, 0.29) is 19.8 Å². The Kier molecular flexibility index (Phi) is 8.24. The predicted octanol–water partition coefficient (Wildman–Crippen LogP) is 3.66. The van der Waals surface area contributed by atoms with Crippen molar-refractivity contribution in [2.75, 3.05) is 26.4 Å². The Hall–Kier alpha value is -0.190. The molecule has 2 fully saturated rings. The summed E-state index contributed by atoms with van der Waals surface area (Å²) in [5, 5.41) is 10.1. The number of fused-ring (bicyclic) bond motifs is 1. The molecule has 2 unspecified atom stereocenters. The lowest BCUT2D eigenvalue weighted by Gasteiger charge is -2.38. The van der Waals surface area contributed by atoms with Crippen molar-refractivity contribution >= 4 is 7.60 Å². The Bertz CT molecular complexity index is 580. The van der Waals surface area contributed by atoms with E-state index in [0.717, 1.165) is 6.42 Å². The predicted molar refractivity (Wildman–Crippen MR) is 99.8 cm³/mol. The average molecular weight is 446 g/mol. The van der Waals surface area contributed by atoms with Gasteiger partial charge in [0.05, 0.1) is 26.2 Å². The smallest absolute Gasteiger partial charge is 0.393 e. The van der Waals surface area contributed by atoms with E-state index in [0.29, 0.717) is 6.42 Å². The third-order valence-electron chi connectivity index (χ3n) is 4.83. The molecule has 0 aromatic heterocycles. The normalized spacial score (nSPS) is 31.9. The van der Waals surface area contributed by atoms with Crippen LogP contribution in [0.2, 0.25) is 0 Å². The third kappa shape index (κ3) is 5.18. The molecule has 0 spiro atoms. The molecule has 0 aromatic carbocycles. The molecule has 0 radical (unpaired) electrons. The highest BCUT2D eigenvalue weighted by Crippen LogP contribution is 2.65. The van der Waals surface area contributed by atoms with Crippen molar-refractivity contribution < 1.29 is 46.4 Å². The minimum absolute atomic E-state index is 0.220. The summed E-state index contributed by atoms with van der Waals surface area (Å²) in [6.45, 7) is 7.21. The molecule has 2 heterocycles. The van der Waals surface area contributed by atoms with Crippen LogP contribution in [0.25, 0.3) is 0 Å². The zero-order valence-corrected chi connectivity index (χ0v) is 18.6. The van der Waals surface area contributed by atoms with E-state index in [2.05, 4.69) is 0 Å². The summed E-state index contributed by atoms with van der Waals surface area (Å²) >= 11 is 0. The summed E-state index contributed by atoms with van der Waals surface area (Å²) in [6, 6.07) is 0. The molecule has 11 heteroatoms. The van der Waals surface area contributed by atoms with Crippen molar-refractivity contribution in [1.82, 2.24) is 0 Å². The number of hydrogen-bond acceptors (Lipinski definition) is 8. The van der Waals surface area contributed by atoms with Gasteiger partial charge in [-0.2, -0.15) is 8.78 Å². The van der Waals surface area contributed by atoms with E-state index in [1.807, 2.05) is 6.92 Å². The van der Waals surface area contributed by atoms with Crippen molar-refractivity contribution in [3.63, 3.8) is 0 Å². The SMILES string of the molecule is CCCCOC1C2OC(C)(C)O[C@H]2O[C@@]1(CO)CC(F)(F)P(=O)(OCC)OCC. The molecule has 1 N–H and O–H groups in total. The van der Waals surface area contributed by atoms with Gasteiger partial charge in [0, 0.05) is 6.61 Å². The lowest BCUT2D eigenvalue weighted by molar-refractivity contribution is -0.259. The largest absolute Gasteiger partial charge is 0.399 e. The van der Waals surface area contributed by atoms with E-state index < -0.39 is 56.2 Å². The van der Waals surface area contributed by atoms with Crippen LogP contribution < -0.4 is 0 Å². The molecule has 0 aliphatic carbocycles. The van der Waals surface area contributed by atoms with Gasteiger partial charge >= 0.3 is 13.3 Å². The first-order valence-electron chi connectivity index (χ1n) is 10.0. The zero-order valence-electron chi connectivity index (χ0n) is 17.7. The van der Waals surface area contributed by atoms with Gasteiger partial charge < -0.3 is 33.1 Å². The van der Waals surface area contributed by atoms with Crippen LogP contribution in [0.4, 0.5) is 8.78 Å². The standard InChI is InChI=1S/C18H33F2O8P/c1-6-9-10-23-14-13-15(27-16(4,5)26-13)28-17(14,12-21)11-18(19,20)29(22,24-7-2)25-8-3/h13-15,21H,6-12H2,1-5H3/t13?,14?,15-,17+/m0/s1. The number of rotatable bonds is 12. The van der Waals surface area contributed by atoms with Gasteiger partial charge in [-0.25, -0.2) is 0 Å². The van der Waals surface area contributed by atoms with Crippen LogP contribution in [0.3, 0.4) is 0 Å². The van der Waals surface area contributed by atoms with Crippen molar-refractivity contribution in [1.29, 1.82) is 0 Å². The zero-order chi connectivity index (χ0) is 21.9. The summed E-state index contributed by atoms with van der Waals surface area (Å²) in [5.74, 6) is -0.988. The minimum atomic E-state index is -4.81. The van der Waals surface area contributed by atoms with Gasteiger partial charge in [0.1, 0.15) is 17.8 Å². The molecule has 2 aliphatic heterocycles. The number of ether oxygens (including phenoxy) is 4. The molecule has 2 saturated heterocycles. The lowest BCUT2D eigenvalue weighted by atomic mass is 9.92. The molecule has 4 atom stereocenters. The number of halogens is 2.